The number of ether oxygens (including phenoxy) is 1. The van der Waals surface area contributed by atoms with E-state index in [0.29, 0.717) is 17.3 Å². The fourth-order valence-corrected chi connectivity index (χ4v) is 2.23. The average molecular weight is 298 g/mol. The molecule has 0 saturated carbocycles. The number of allylic oxidation sites excluding steroid dienone is 6. The van der Waals surface area contributed by atoms with Crippen molar-refractivity contribution in [2.75, 3.05) is 6.61 Å². The lowest BCUT2D eigenvalue weighted by atomic mass is 10.1. The number of hydrogen-bond acceptors (Lipinski definition) is 4. The van der Waals surface area contributed by atoms with E-state index in [0.717, 1.165) is 10.5 Å². The number of carbonyl (C=O) groups excluding carboxylic acids is 1. The molecular weight excluding hydrogens is 282 g/mol. The highest BCUT2D eigenvalue weighted by Gasteiger charge is 2.17. The molecule has 1 rings (SSSR count). The van der Waals surface area contributed by atoms with E-state index >= 15 is 0 Å². The number of aromatic nitrogens is 1. The van der Waals surface area contributed by atoms with Crippen LogP contribution in [-0.4, -0.2) is 17.6 Å². The van der Waals surface area contributed by atoms with Crippen LogP contribution in [0.25, 0.3) is 5.57 Å². The minimum absolute atomic E-state index is 0.332. The van der Waals surface area contributed by atoms with Crippen LogP contribution >= 0.6 is 22.9 Å². The van der Waals surface area contributed by atoms with Gasteiger partial charge in [0, 0.05) is 5.03 Å². The Labute approximate surface area is 122 Å². The van der Waals surface area contributed by atoms with E-state index in [1.165, 1.54) is 11.3 Å². The maximum atomic E-state index is 11.8. The maximum Gasteiger partial charge on any atom is 0.358 e. The standard InChI is InChI=1S/C14H16ClNO2S/c1-4-6-11(8-7-10(3)15)13-12(16-9-19-13)14(17)18-5-2/h4,6-9H,5H2,1-3H3/b6-4+,10-7+,11-8+. The van der Waals surface area contributed by atoms with E-state index in [4.69, 9.17) is 16.3 Å². The van der Waals surface area contributed by atoms with Crippen molar-refractivity contribution in [3.05, 3.63) is 45.4 Å². The first-order chi connectivity index (χ1) is 9.10. The fourth-order valence-electron chi connectivity index (χ4n) is 1.39. The highest BCUT2D eigenvalue weighted by atomic mass is 35.5. The Morgan fingerprint density at radius 2 is 2.26 bits per heavy atom. The van der Waals surface area contributed by atoms with Crippen LogP contribution in [-0.2, 0) is 4.74 Å². The summed E-state index contributed by atoms with van der Waals surface area (Å²) >= 11 is 7.22. The maximum absolute atomic E-state index is 11.8. The summed E-state index contributed by atoms with van der Waals surface area (Å²) in [4.78, 5) is 16.7. The smallest absolute Gasteiger partial charge is 0.358 e. The number of carbonyl (C=O) groups is 1. The Morgan fingerprint density at radius 1 is 1.53 bits per heavy atom. The topological polar surface area (TPSA) is 39.2 Å². The third-order valence-electron chi connectivity index (χ3n) is 2.14. The summed E-state index contributed by atoms with van der Waals surface area (Å²) in [5, 5.41) is 0.671. The van der Waals surface area contributed by atoms with Crippen molar-refractivity contribution in [2.24, 2.45) is 0 Å². The summed E-state index contributed by atoms with van der Waals surface area (Å²) in [5.41, 5.74) is 2.86. The molecule has 0 spiro atoms. The van der Waals surface area contributed by atoms with Gasteiger partial charge in [-0.25, -0.2) is 9.78 Å². The molecule has 0 aliphatic carbocycles. The van der Waals surface area contributed by atoms with Gasteiger partial charge in [0.25, 0.3) is 0 Å². The van der Waals surface area contributed by atoms with E-state index in [9.17, 15) is 4.79 Å². The molecule has 0 radical (unpaired) electrons. The molecule has 0 aromatic carbocycles. The number of rotatable bonds is 5. The second-order valence-electron chi connectivity index (χ2n) is 3.63. The molecule has 5 heteroatoms. The van der Waals surface area contributed by atoms with Crippen LogP contribution in [0.3, 0.4) is 0 Å². The molecule has 0 fully saturated rings. The summed E-state index contributed by atoms with van der Waals surface area (Å²) in [5.74, 6) is -0.402. The van der Waals surface area contributed by atoms with Crippen molar-refractivity contribution in [3.63, 3.8) is 0 Å². The van der Waals surface area contributed by atoms with Crippen LogP contribution in [0.1, 0.15) is 36.1 Å². The molecule has 0 aliphatic rings. The molecule has 1 aromatic rings. The first-order valence-electron chi connectivity index (χ1n) is 5.87. The molecule has 0 bridgehead atoms. The lowest BCUT2D eigenvalue weighted by Crippen LogP contribution is -2.07. The minimum Gasteiger partial charge on any atom is -0.461 e. The van der Waals surface area contributed by atoms with Crippen molar-refractivity contribution >= 4 is 34.5 Å². The van der Waals surface area contributed by atoms with Gasteiger partial charge in [-0.1, -0.05) is 29.8 Å². The van der Waals surface area contributed by atoms with Gasteiger partial charge in [-0.05, 0) is 32.4 Å². The van der Waals surface area contributed by atoms with Gasteiger partial charge in [-0.3, -0.25) is 0 Å². The van der Waals surface area contributed by atoms with Gasteiger partial charge >= 0.3 is 5.97 Å². The number of thiazole rings is 1. The third-order valence-corrected chi connectivity index (χ3v) is 3.14. The highest BCUT2D eigenvalue weighted by molar-refractivity contribution is 7.11. The van der Waals surface area contributed by atoms with Crippen molar-refractivity contribution in [2.45, 2.75) is 20.8 Å². The van der Waals surface area contributed by atoms with Crippen molar-refractivity contribution < 1.29 is 9.53 Å². The summed E-state index contributed by atoms with van der Waals surface area (Å²) in [6, 6.07) is 0. The van der Waals surface area contributed by atoms with Gasteiger partial charge in [0.05, 0.1) is 17.0 Å². The fraction of sp³-hybridized carbons (Fsp3) is 0.286. The molecule has 0 aliphatic heterocycles. The van der Waals surface area contributed by atoms with Crippen molar-refractivity contribution in [3.8, 4) is 0 Å². The Bertz CT molecular complexity index is 525. The van der Waals surface area contributed by atoms with E-state index in [1.54, 1.807) is 25.4 Å². The van der Waals surface area contributed by atoms with E-state index < -0.39 is 5.97 Å². The van der Waals surface area contributed by atoms with Gasteiger partial charge in [0.1, 0.15) is 0 Å². The SMILES string of the molecule is C/C=C/C(=C\C=C(/C)Cl)c1scnc1C(=O)OCC. The Balaban J connectivity index is 3.18. The number of hydrogen-bond donors (Lipinski definition) is 0. The summed E-state index contributed by atoms with van der Waals surface area (Å²) < 4.78 is 4.99. The van der Waals surface area contributed by atoms with Gasteiger partial charge < -0.3 is 4.74 Å². The third kappa shape index (κ3) is 4.65. The van der Waals surface area contributed by atoms with Gasteiger partial charge in [-0.15, -0.1) is 11.3 Å². The molecule has 0 N–H and O–H groups in total. The van der Waals surface area contributed by atoms with Crippen LogP contribution in [0.4, 0.5) is 0 Å². The van der Waals surface area contributed by atoms with Crippen LogP contribution in [0.2, 0.25) is 0 Å². The molecule has 0 saturated heterocycles. The molecule has 1 heterocycles. The van der Waals surface area contributed by atoms with Crippen LogP contribution < -0.4 is 0 Å². The number of nitrogens with zero attached hydrogens (tertiary/aromatic N) is 1. The highest BCUT2D eigenvalue weighted by Crippen LogP contribution is 2.25. The van der Waals surface area contributed by atoms with E-state index in [1.807, 2.05) is 25.2 Å². The van der Waals surface area contributed by atoms with Crippen molar-refractivity contribution in [1.29, 1.82) is 0 Å². The zero-order valence-electron chi connectivity index (χ0n) is 11.1. The number of esters is 1. The normalized spacial score (nSPS) is 13.1. The molecule has 0 unspecified atom stereocenters. The van der Waals surface area contributed by atoms with Gasteiger partial charge in [-0.2, -0.15) is 0 Å². The lowest BCUT2D eigenvalue weighted by Gasteiger charge is -2.03. The molecule has 0 atom stereocenters. The summed E-state index contributed by atoms with van der Waals surface area (Å²) in [7, 11) is 0. The average Bonchev–Trinajstić information content (AvgIpc) is 2.83. The predicted molar refractivity (Wildman–Crippen MR) is 80.5 cm³/mol. The molecule has 19 heavy (non-hydrogen) atoms. The second-order valence-corrected chi connectivity index (χ2v) is 5.08. The molecule has 102 valence electrons. The molecule has 0 amide bonds. The molecular formula is C14H16ClNO2S. The monoisotopic (exact) mass is 297 g/mol. The van der Waals surface area contributed by atoms with Gasteiger partial charge in [0.2, 0.25) is 0 Å². The van der Waals surface area contributed by atoms with Crippen LogP contribution in [0, 0.1) is 0 Å². The van der Waals surface area contributed by atoms with Crippen LogP contribution in [0.15, 0.2) is 34.8 Å². The van der Waals surface area contributed by atoms with Gasteiger partial charge in [0.15, 0.2) is 5.69 Å². The zero-order valence-corrected chi connectivity index (χ0v) is 12.7. The van der Waals surface area contributed by atoms with E-state index in [-0.39, 0.29) is 0 Å². The Morgan fingerprint density at radius 3 is 2.84 bits per heavy atom. The quantitative estimate of drug-likeness (QED) is 0.596. The van der Waals surface area contributed by atoms with Crippen molar-refractivity contribution in [1.82, 2.24) is 4.98 Å². The largest absolute Gasteiger partial charge is 0.461 e. The Kier molecular flexibility index (Phi) is 6.53. The molecule has 1 aromatic heterocycles. The Hall–Kier alpha value is -1.39. The summed E-state index contributed by atoms with van der Waals surface area (Å²) in [6.07, 6.45) is 7.45. The minimum atomic E-state index is -0.402. The first kappa shape index (κ1) is 15.7. The summed E-state index contributed by atoms with van der Waals surface area (Å²) in [6.45, 7) is 5.81. The predicted octanol–water partition coefficient (Wildman–Crippen LogP) is 4.42. The zero-order chi connectivity index (χ0) is 14.3. The second kappa shape index (κ2) is 7.92. The number of halogens is 1. The van der Waals surface area contributed by atoms with E-state index in [2.05, 4.69) is 4.98 Å². The lowest BCUT2D eigenvalue weighted by molar-refractivity contribution is 0.0520. The molecule has 3 nitrogen and oxygen atoms in total. The first-order valence-corrected chi connectivity index (χ1v) is 7.13. The van der Waals surface area contributed by atoms with Crippen LogP contribution in [0.5, 0.6) is 0 Å².